The van der Waals surface area contributed by atoms with E-state index in [9.17, 15) is 0 Å². The summed E-state index contributed by atoms with van der Waals surface area (Å²) < 4.78 is 107. The summed E-state index contributed by atoms with van der Waals surface area (Å²) in [4.78, 5) is 8.85. The molecule has 1 aromatic heterocycles. The van der Waals surface area contributed by atoms with Crippen LogP contribution in [0.4, 0.5) is 11.5 Å². The van der Waals surface area contributed by atoms with Gasteiger partial charge in [0.1, 0.15) is 17.9 Å². The van der Waals surface area contributed by atoms with Crippen molar-refractivity contribution in [2.24, 2.45) is 0 Å². The highest BCUT2D eigenvalue weighted by Crippen LogP contribution is 2.35. The third-order valence-electron chi connectivity index (χ3n) is 4.47. The number of halogens is 1. The van der Waals surface area contributed by atoms with Crippen molar-refractivity contribution in [3.8, 4) is 17.2 Å². The third-order valence-corrected chi connectivity index (χ3v) is 4.77. The van der Waals surface area contributed by atoms with Gasteiger partial charge >= 0.3 is 0 Å². The van der Waals surface area contributed by atoms with Crippen molar-refractivity contribution in [2.45, 2.75) is 6.42 Å². The molecule has 0 atom stereocenters. The predicted molar refractivity (Wildman–Crippen MR) is 125 cm³/mol. The normalized spacial score (nSPS) is 26.1. The molecule has 9 heteroatoms. The van der Waals surface area contributed by atoms with Crippen LogP contribution in [0.1, 0.15) is 21.5 Å². The molecular formula is C23H27ClN4O4. The second-order valence-corrected chi connectivity index (χ2v) is 6.91. The molecule has 1 aliphatic heterocycles. The predicted octanol–water partition coefficient (Wildman–Crippen LogP) is 4.15. The Morgan fingerprint density at radius 2 is 2.03 bits per heavy atom. The van der Waals surface area contributed by atoms with Gasteiger partial charge in [0.15, 0.2) is 11.5 Å². The van der Waals surface area contributed by atoms with Crippen molar-refractivity contribution in [1.82, 2.24) is 14.9 Å². The summed E-state index contributed by atoms with van der Waals surface area (Å²) in [6, 6.07) is 7.75. The van der Waals surface area contributed by atoms with Crippen LogP contribution in [0.2, 0.25) is 5.02 Å². The summed E-state index contributed by atoms with van der Waals surface area (Å²) in [7, 11) is -1.37. The van der Waals surface area contributed by atoms with Crippen LogP contribution in [0.3, 0.4) is 0 Å². The van der Waals surface area contributed by atoms with Gasteiger partial charge in [0.25, 0.3) is 0 Å². The lowest BCUT2D eigenvalue weighted by atomic mass is 10.2. The Labute approximate surface area is 207 Å². The van der Waals surface area contributed by atoms with E-state index in [0.29, 0.717) is 38.1 Å². The lowest BCUT2D eigenvalue weighted by molar-refractivity contribution is 0.0357. The third kappa shape index (κ3) is 5.32. The van der Waals surface area contributed by atoms with Gasteiger partial charge in [-0.1, -0.05) is 11.6 Å². The zero-order valence-electron chi connectivity index (χ0n) is 27.9. The molecule has 1 saturated heterocycles. The SMILES string of the molecule is [2H]C([2H])([2H])Oc1cc2ncnc(Nc3ccc(OC)c(Cl)c3)c2cc1OCCCN1C([2H])([2H])C([2H])([2H])OC([2H])([2H])C1([2H])[2H]. The molecule has 1 fully saturated rings. The van der Waals surface area contributed by atoms with Gasteiger partial charge in [-0.05, 0) is 30.7 Å². The quantitative estimate of drug-likeness (QED) is 0.468. The van der Waals surface area contributed by atoms with Crippen LogP contribution in [-0.2, 0) is 4.74 Å². The van der Waals surface area contributed by atoms with Crippen LogP contribution >= 0.6 is 11.6 Å². The maximum atomic E-state index is 8.12. The van der Waals surface area contributed by atoms with Crippen LogP contribution in [0.5, 0.6) is 17.2 Å². The molecule has 170 valence electrons. The first kappa shape index (κ1) is 12.4. The number of hydrogen-bond donors (Lipinski definition) is 1. The second kappa shape index (κ2) is 10.7. The van der Waals surface area contributed by atoms with Crippen LogP contribution in [0.25, 0.3) is 10.9 Å². The van der Waals surface area contributed by atoms with E-state index in [1.807, 2.05) is 0 Å². The van der Waals surface area contributed by atoms with Gasteiger partial charge in [-0.2, -0.15) is 0 Å². The zero-order valence-corrected chi connectivity index (χ0v) is 17.7. The van der Waals surface area contributed by atoms with Gasteiger partial charge < -0.3 is 24.3 Å². The van der Waals surface area contributed by atoms with E-state index in [2.05, 4.69) is 20.0 Å². The molecule has 3 aromatic rings. The van der Waals surface area contributed by atoms with Gasteiger partial charge in [-0.3, -0.25) is 4.90 Å². The number of benzene rings is 2. The Hall–Kier alpha value is -2.81. The Morgan fingerprint density at radius 3 is 2.81 bits per heavy atom. The maximum Gasteiger partial charge on any atom is 0.162 e. The number of nitrogens with one attached hydrogen (secondary N) is 1. The van der Waals surface area contributed by atoms with E-state index in [-0.39, 0.29) is 24.5 Å². The number of morpholine rings is 1. The van der Waals surface area contributed by atoms with Gasteiger partial charge in [-0.15, -0.1) is 0 Å². The lowest BCUT2D eigenvalue weighted by Crippen LogP contribution is -2.37. The first-order chi connectivity index (χ1) is 19.8. The minimum atomic E-state index is -3.17. The molecule has 0 bridgehead atoms. The number of ether oxygens (including phenoxy) is 4. The van der Waals surface area contributed by atoms with Gasteiger partial charge in [0.05, 0.1) is 54.0 Å². The fourth-order valence-corrected chi connectivity index (χ4v) is 3.22. The first-order valence-electron chi connectivity index (χ1n) is 15.0. The molecular weight excluding hydrogens is 432 g/mol. The van der Waals surface area contributed by atoms with Crippen molar-refractivity contribution < 1.29 is 34.0 Å². The molecule has 1 aliphatic rings. The highest BCUT2D eigenvalue weighted by Gasteiger charge is 2.14. The molecule has 0 aliphatic carbocycles. The summed E-state index contributed by atoms with van der Waals surface area (Å²) in [6.45, 7) is -13.1. The fourth-order valence-electron chi connectivity index (χ4n) is 2.96. The van der Waals surface area contributed by atoms with Crippen molar-refractivity contribution in [2.75, 3.05) is 58.7 Å². The van der Waals surface area contributed by atoms with Crippen molar-refractivity contribution >= 4 is 34.0 Å². The molecule has 0 spiro atoms. The average molecular weight is 470 g/mol. The molecule has 2 aromatic carbocycles. The maximum absolute atomic E-state index is 8.12. The number of hydrogen-bond acceptors (Lipinski definition) is 8. The Bertz CT molecular complexity index is 1470. The lowest BCUT2D eigenvalue weighted by Gasteiger charge is -2.26. The molecule has 0 saturated carbocycles. The van der Waals surface area contributed by atoms with Crippen LogP contribution in [0, 0.1) is 0 Å². The minimum absolute atomic E-state index is 0.0482. The van der Waals surface area contributed by atoms with E-state index in [1.54, 1.807) is 18.2 Å². The molecule has 32 heavy (non-hydrogen) atoms. The molecule has 8 nitrogen and oxygen atoms in total. The van der Waals surface area contributed by atoms with E-state index < -0.39 is 39.7 Å². The largest absolute Gasteiger partial charge is 0.495 e. The van der Waals surface area contributed by atoms with Crippen molar-refractivity contribution in [3.63, 3.8) is 0 Å². The van der Waals surface area contributed by atoms with Crippen LogP contribution in [0.15, 0.2) is 36.7 Å². The minimum Gasteiger partial charge on any atom is -0.495 e. The van der Waals surface area contributed by atoms with Crippen LogP contribution < -0.4 is 19.5 Å². The average Bonchev–Trinajstić information content (AvgIpc) is 2.86. The second-order valence-electron chi connectivity index (χ2n) is 6.50. The Kier molecular flexibility index (Phi) is 4.15. The van der Waals surface area contributed by atoms with Crippen molar-refractivity contribution in [3.05, 3.63) is 41.7 Å². The molecule has 4 rings (SSSR count). The Morgan fingerprint density at radius 1 is 1.16 bits per heavy atom. The molecule has 0 radical (unpaired) electrons. The highest BCUT2D eigenvalue weighted by molar-refractivity contribution is 6.32. The number of methoxy groups -OCH3 is 2. The summed E-state index contributed by atoms with van der Waals surface area (Å²) >= 11 is 6.23. The van der Waals surface area contributed by atoms with E-state index in [4.69, 9.17) is 40.9 Å². The summed E-state index contributed by atoms with van der Waals surface area (Å²) in [6.07, 6.45) is 1.13. The summed E-state index contributed by atoms with van der Waals surface area (Å²) in [5.74, 6) is 0.547. The fraction of sp³-hybridized carbons (Fsp3) is 0.391. The first-order valence-corrected chi connectivity index (χ1v) is 9.86. The monoisotopic (exact) mass is 469 g/mol. The zero-order chi connectivity index (χ0) is 32.0. The smallest absolute Gasteiger partial charge is 0.162 e. The molecule has 0 unspecified atom stereocenters. The van der Waals surface area contributed by atoms with Gasteiger partial charge in [0, 0.05) is 42.2 Å². The van der Waals surface area contributed by atoms with Gasteiger partial charge in [-0.25, -0.2) is 9.97 Å². The number of anilines is 2. The van der Waals surface area contributed by atoms with Crippen molar-refractivity contribution in [1.29, 1.82) is 0 Å². The topological polar surface area (TPSA) is 78.0 Å². The van der Waals surface area contributed by atoms with Gasteiger partial charge in [0.2, 0.25) is 0 Å². The summed E-state index contributed by atoms with van der Waals surface area (Å²) in [5.41, 5.74) is 0.868. The van der Waals surface area contributed by atoms with E-state index >= 15 is 0 Å². The van der Waals surface area contributed by atoms with Crippen LogP contribution in [-0.4, -0.2) is 68.3 Å². The summed E-state index contributed by atoms with van der Waals surface area (Å²) in [5, 5.41) is 3.86. The number of aromatic nitrogens is 2. The number of fused-ring (bicyclic) bond motifs is 1. The number of nitrogens with zero attached hydrogens (tertiary/aromatic N) is 3. The number of rotatable bonds is 9. The highest BCUT2D eigenvalue weighted by atomic mass is 35.5. The van der Waals surface area contributed by atoms with E-state index in [1.165, 1.54) is 25.6 Å². The van der Waals surface area contributed by atoms with E-state index in [0.717, 1.165) is 0 Å². The molecule has 2 heterocycles. The standard InChI is InChI=1S/C23H27ClN4O4/c1-29-20-5-4-16(12-18(20)24)27-23-17-13-22(21(30-2)14-19(17)25-15-26-23)32-9-3-6-28-7-10-31-11-8-28/h4-5,12-15H,3,6-11H2,1-2H3,(H,25,26,27)/i2D3,7D2,8D2,10D2,11D2. The molecule has 0 amide bonds. The Balaban J connectivity index is 1.60. The molecule has 1 N–H and O–H groups in total.